The Morgan fingerprint density at radius 1 is 1.71 bits per heavy atom. The standard InChI is InChI=1S/C11H20N2O/c1-4-6-13(5-2)8-11(3)9-14-7-10(11)12/h1,10H,5-9,12H2,2-3H3. The van der Waals surface area contributed by atoms with E-state index in [9.17, 15) is 0 Å². The van der Waals surface area contributed by atoms with Gasteiger partial charge in [0.05, 0.1) is 19.8 Å². The summed E-state index contributed by atoms with van der Waals surface area (Å²) in [4.78, 5) is 2.23. The maximum Gasteiger partial charge on any atom is 0.0624 e. The molecule has 0 bridgehead atoms. The van der Waals surface area contributed by atoms with Crippen LogP contribution in [0.3, 0.4) is 0 Å². The number of rotatable bonds is 4. The lowest BCUT2D eigenvalue weighted by Gasteiger charge is -2.32. The van der Waals surface area contributed by atoms with E-state index in [0.717, 1.165) is 19.7 Å². The van der Waals surface area contributed by atoms with E-state index in [0.29, 0.717) is 13.2 Å². The number of nitrogens with two attached hydrogens (primary N) is 1. The van der Waals surface area contributed by atoms with Gasteiger partial charge in [-0.2, -0.15) is 0 Å². The molecule has 14 heavy (non-hydrogen) atoms. The molecule has 1 rings (SSSR count). The van der Waals surface area contributed by atoms with Crippen LogP contribution in [0, 0.1) is 17.8 Å². The molecule has 2 atom stereocenters. The summed E-state index contributed by atoms with van der Waals surface area (Å²) in [6.07, 6.45) is 5.30. The third-order valence-electron chi connectivity index (χ3n) is 2.97. The van der Waals surface area contributed by atoms with Gasteiger partial charge in [0.1, 0.15) is 0 Å². The van der Waals surface area contributed by atoms with Gasteiger partial charge < -0.3 is 10.5 Å². The van der Waals surface area contributed by atoms with E-state index in [4.69, 9.17) is 16.9 Å². The monoisotopic (exact) mass is 196 g/mol. The van der Waals surface area contributed by atoms with Crippen LogP contribution in [0.2, 0.25) is 0 Å². The maximum atomic E-state index is 6.01. The fourth-order valence-corrected chi connectivity index (χ4v) is 1.81. The zero-order valence-electron chi connectivity index (χ0n) is 9.12. The Kier molecular flexibility index (Phi) is 3.94. The van der Waals surface area contributed by atoms with Crippen molar-refractivity contribution in [3.05, 3.63) is 0 Å². The Morgan fingerprint density at radius 3 is 2.86 bits per heavy atom. The molecule has 1 heterocycles. The molecule has 2 N–H and O–H groups in total. The first kappa shape index (κ1) is 11.5. The fourth-order valence-electron chi connectivity index (χ4n) is 1.81. The van der Waals surface area contributed by atoms with Gasteiger partial charge >= 0.3 is 0 Å². The van der Waals surface area contributed by atoms with Crippen LogP contribution in [0.5, 0.6) is 0 Å². The van der Waals surface area contributed by atoms with Crippen molar-refractivity contribution >= 4 is 0 Å². The summed E-state index contributed by atoms with van der Waals surface area (Å²) < 4.78 is 5.39. The van der Waals surface area contributed by atoms with Crippen molar-refractivity contribution in [1.29, 1.82) is 0 Å². The lowest BCUT2D eigenvalue weighted by Crippen LogP contribution is -2.46. The van der Waals surface area contributed by atoms with Gasteiger partial charge in [0.25, 0.3) is 0 Å². The molecule has 1 aliphatic rings. The summed E-state index contributed by atoms with van der Waals surface area (Å²) in [5, 5.41) is 0. The van der Waals surface area contributed by atoms with Crippen LogP contribution >= 0.6 is 0 Å². The average molecular weight is 196 g/mol. The van der Waals surface area contributed by atoms with Crippen molar-refractivity contribution in [2.24, 2.45) is 11.1 Å². The second kappa shape index (κ2) is 4.79. The highest BCUT2D eigenvalue weighted by atomic mass is 16.5. The van der Waals surface area contributed by atoms with Crippen LogP contribution < -0.4 is 5.73 Å². The minimum absolute atomic E-state index is 0.0624. The summed E-state index contributed by atoms with van der Waals surface area (Å²) in [6.45, 7) is 8.28. The zero-order valence-corrected chi connectivity index (χ0v) is 9.12. The van der Waals surface area contributed by atoms with Gasteiger partial charge in [0.2, 0.25) is 0 Å². The van der Waals surface area contributed by atoms with E-state index < -0.39 is 0 Å². The largest absolute Gasteiger partial charge is 0.379 e. The van der Waals surface area contributed by atoms with Crippen molar-refractivity contribution < 1.29 is 4.74 Å². The Labute approximate surface area is 86.6 Å². The van der Waals surface area contributed by atoms with Crippen molar-refractivity contribution in [3.63, 3.8) is 0 Å². The van der Waals surface area contributed by atoms with Crippen molar-refractivity contribution in [1.82, 2.24) is 4.90 Å². The Morgan fingerprint density at radius 2 is 2.43 bits per heavy atom. The van der Waals surface area contributed by atoms with E-state index in [1.807, 2.05) is 0 Å². The molecular formula is C11H20N2O. The van der Waals surface area contributed by atoms with E-state index in [2.05, 4.69) is 24.7 Å². The third-order valence-corrected chi connectivity index (χ3v) is 2.97. The molecule has 3 heteroatoms. The highest BCUT2D eigenvalue weighted by Crippen LogP contribution is 2.27. The second-order valence-corrected chi connectivity index (χ2v) is 4.28. The van der Waals surface area contributed by atoms with Crippen molar-refractivity contribution in [2.75, 3.05) is 32.8 Å². The molecule has 1 aliphatic heterocycles. The molecule has 0 aliphatic carbocycles. The lowest BCUT2D eigenvalue weighted by atomic mass is 9.85. The van der Waals surface area contributed by atoms with Gasteiger partial charge in [-0.1, -0.05) is 19.8 Å². The van der Waals surface area contributed by atoms with Crippen LogP contribution in [0.25, 0.3) is 0 Å². The van der Waals surface area contributed by atoms with E-state index in [1.165, 1.54) is 0 Å². The normalized spacial score (nSPS) is 32.1. The van der Waals surface area contributed by atoms with Crippen molar-refractivity contribution in [2.45, 2.75) is 19.9 Å². The van der Waals surface area contributed by atoms with Crippen LogP contribution in [-0.4, -0.2) is 43.8 Å². The molecule has 0 aromatic carbocycles. The number of hydrogen-bond donors (Lipinski definition) is 1. The van der Waals surface area contributed by atoms with Crippen LogP contribution in [0.1, 0.15) is 13.8 Å². The molecule has 0 aromatic rings. The second-order valence-electron chi connectivity index (χ2n) is 4.28. The average Bonchev–Trinajstić information content (AvgIpc) is 2.47. The Hall–Kier alpha value is -0.560. The first-order chi connectivity index (χ1) is 6.62. The summed E-state index contributed by atoms with van der Waals surface area (Å²) in [6, 6.07) is 0.134. The van der Waals surface area contributed by atoms with E-state index >= 15 is 0 Å². The smallest absolute Gasteiger partial charge is 0.0624 e. The lowest BCUT2D eigenvalue weighted by molar-refractivity contribution is 0.127. The maximum absolute atomic E-state index is 6.01. The Bertz CT molecular complexity index is 224. The molecular weight excluding hydrogens is 176 g/mol. The molecule has 0 aromatic heterocycles. The minimum atomic E-state index is 0.0624. The minimum Gasteiger partial charge on any atom is -0.379 e. The fraction of sp³-hybridized carbons (Fsp3) is 0.818. The quantitative estimate of drug-likeness (QED) is 0.657. The van der Waals surface area contributed by atoms with Gasteiger partial charge in [0.15, 0.2) is 0 Å². The molecule has 1 saturated heterocycles. The third kappa shape index (κ3) is 2.48. The molecule has 0 spiro atoms. The summed E-state index contributed by atoms with van der Waals surface area (Å²) in [7, 11) is 0. The number of terminal acetylenes is 1. The van der Waals surface area contributed by atoms with Crippen molar-refractivity contribution in [3.8, 4) is 12.3 Å². The molecule has 0 radical (unpaired) electrons. The van der Waals surface area contributed by atoms with E-state index in [1.54, 1.807) is 0 Å². The van der Waals surface area contributed by atoms with Gasteiger partial charge in [0, 0.05) is 18.0 Å². The molecule has 0 saturated carbocycles. The number of hydrogen-bond acceptors (Lipinski definition) is 3. The first-order valence-electron chi connectivity index (χ1n) is 5.11. The predicted molar refractivity (Wildman–Crippen MR) is 57.8 cm³/mol. The molecule has 3 nitrogen and oxygen atoms in total. The summed E-state index contributed by atoms with van der Waals surface area (Å²) >= 11 is 0. The number of nitrogens with zero attached hydrogens (tertiary/aromatic N) is 1. The van der Waals surface area contributed by atoms with Gasteiger partial charge in [-0.3, -0.25) is 4.90 Å². The Balaban J connectivity index is 2.52. The van der Waals surface area contributed by atoms with Crippen LogP contribution in [-0.2, 0) is 4.74 Å². The SMILES string of the molecule is C#CCN(CC)CC1(C)COCC1N. The van der Waals surface area contributed by atoms with Crippen LogP contribution in [0.15, 0.2) is 0 Å². The molecule has 80 valence electrons. The van der Waals surface area contributed by atoms with E-state index in [-0.39, 0.29) is 11.5 Å². The first-order valence-corrected chi connectivity index (χ1v) is 5.11. The van der Waals surface area contributed by atoms with Gasteiger partial charge in [-0.15, -0.1) is 6.42 Å². The van der Waals surface area contributed by atoms with Crippen LogP contribution in [0.4, 0.5) is 0 Å². The summed E-state index contributed by atoms with van der Waals surface area (Å²) in [5.41, 5.74) is 6.07. The van der Waals surface area contributed by atoms with Gasteiger partial charge in [-0.05, 0) is 6.54 Å². The topological polar surface area (TPSA) is 38.5 Å². The predicted octanol–water partition coefficient (Wildman–Crippen LogP) is 0.305. The molecule has 2 unspecified atom stereocenters. The highest BCUT2D eigenvalue weighted by Gasteiger charge is 2.38. The molecule has 0 amide bonds. The highest BCUT2D eigenvalue weighted by molar-refractivity contribution is 4.95. The number of ether oxygens (including phenoxy) is 1. The molecule has 1 fully saturated rings. The zero-order chi connectivity index (χ0) is 10.6. The summed E-state index contributed by atoms with van der Waals surface area (Å²) in [5.74, 6) is 2.67. The van der Waals surface area contributed by atoms with Gasteiger partial charge in [-0.25, -0.2) is 0 Å².